The van der Waals surface area contributed by atoms with Crippen LogP contribution in [-0.2, 0) is 16.1 Å². The molecule has 0 saturated carbocycles. The SMILES string of the molecule is CCOc1cc(/C=c2\sc3n(c2=O)[C@@H](c2ccccc2)C(C(=O)OC)=C(CC)N=3)cc(I)c1OCc1ccc(C)cc1. The number of allylic oxidation sites excluding steroid dienone is 1. The fraction of sp³-hybridized carbons (Fsp3) is 0.242. The number of carbonyl (C=O) groups is 1. The van der Waals surface area contributed by atoms with Crippen LogP contribution in [0.25, 0.3) is 6.08 Å². The summed E-state index contributed by atoms with van der Waals surface area (Å²) in [6.45, 7) is 6.80. The molecule has 1 aliphatic rings. The van der Waals surface area contributed by atoms with Crippen molar-refractivity contribution in [3.63, 3.8) is 0 Å². The molecule has 1 aliphatic heterocycles. The Kier molecular flexibility index (Phi) is 9.27. The smallest absolute Gasteiger partial charge is 0.338 e. The molecule has 1 atom stereocenters. The third-order valence-corrected chi connectivity index (χ3v) is 8.68. The van der Waals surface area contributed by atoms with Crippen LogP contribution in [0.3, 0.4) is 0 Å². The first kappa shape index (κ1) is 29.8. The second kappa shape index (κ2) is 13.1. The lowest BCUT2D eigenvalue weighted by molar-refractivity contribution is -0.136. The number of carbonyl (C=O) groups excluding carboxylic acids is 1. The summed E-state index contributed by atoms with van der Waals surface area (Å²) in [6.07, 6.45) is 2.37. The lowest BCUT2D eigenvalue weighted by Crippen LogP contribution is -2.40. The minimum atomic E-state index is -0.635. The van der Waals surface area contributed by atoms with Gasteiger partial charge in [0.05, 0.1) is 39.1 Å². The molecule has 216 valence electrons. The van der Waals surface area contributed by atoms with E-state index in [1.165, 1.54) is 24.0 Å². The van der Waals surface area contributed by atoms with Crippen LogP contribution in [-0.4, -0.2) is 24.3 Å². The molecule has 0 unspecified atom stereocenters. The number of benzene rings is 3. The first-order valence-electron chi connectivity index (χ1n) is 13.7. The summed E-state index contributed by atoms with van der Waals surface area (Å²) in [6, 6.07) is 21.0. The topological polar surface area (TPSA) is 79.1 Å². The van der Waals surface area contributed by atoms with E-state index < -0.39 is 12.0 Å². The lowest BCUT2D eigenvalue weighted by atomic mass is 9.95. The summed E-state index contributed by atoms with van der Waals surface area (Å²) in [7, 11) is 1.35. The summed E-state index contributed by atoms with van der Waals surface area (Å²) < 4.78 is 20.3. The summed E-state index contributed by atoms with van der Waals surface area (Å²) in [5, 5.41) is 0. The number of halogens is 1. The second-order valence-electron chi connectivity index (χ2n) is 9.74. The highest BCUT2D eigenvalue weighted by Gasteiger charge is 2.33. The molecule has 3 aromatic carbocycles. The number of thiazole rings is 1. The minimum Gasteiger partial charge on any atom is -0.490 e. The number of rotatable bonds is 9. The van der Waals surface area contributed by atoms with E-state index >= 15 is 0 Å². The van der Waals surface area contributed by atoms with Crippen molar-refractivity contribution in [3.05, 3.63) is 124 Å². The van der Waals surface area contributed by atoms with Crippen molar-refractivity contribution in [3.8, 4) is 11.5 Å². The van der Waals surface area contributed by atoms with E-state index in [-0.39, 0.29) is 5.56 Å². The number of aromatic nitrogens is 1. The van der Waals surface area contributed by atoms with Gasteiger partial charge in [-0.2, -0.15) is 0 Å². The summed E-state index contributed by atoms with van der Waals surface area (Å²) in [5.74, 6) is 0.783. The van der Waals surface area contributed by atoms with Gasteiger partial charge in [0.25, 0.3) is 5.56 Å². The fourth-order valence-electron chi connectivity index (χ4n) is 4.88. The molecule has 0 radical (unpaired) electrons. The molecule has 0 saturated heterocycles. The Morgan fingerprint density at radius 3 is 2.48 bits per heavy atom. The van der Waals surface area contributed by atoms with Crippen LogP contribution in [0, 0.1) is 10.5 Å². The molecule has 42 heavy (non-hydrogen) atoms. The molecule has 0 amide bonds. The van der Waals surface area contributed by atoms with Gasteiger partial charge in [0.1, 0.15) is 6.61 Å². The first-order chi connectivity index (χ1) is 20.3. The predicted molar refractivity (Wildman–Crippen MR) is 173 cm³/mol. The van der Waals surface area contributed by atoms with E-state index in [1.54, 1.807) is 4.57 Å². The molecule has 2 heterocycles. The van der Waals surface area contributed by atoms with Crippen molar-refractivity contribution in [1.29, 1.82) is 0 Å². The standard InChI is InChI=1S/C33H31IN2O5S/c1-5-25-28(32(38)39-4)29(23-10-8-7-9-11-23)36-31(37)27(42-33(36)35-25)18-22-16-24(34)30(26(17-22)40-6-2)41-19-21-14-12-20(3)13-15-21/h7-18,29H,5-6,19H2,1-4H3/b27-18-/t29-/m0/s1. The van der Waals surface area contributed by atoms with Crippen molar-refractivity contribution >= 4 is 46.0 Å². The number of fused-ring (bicyclic) bond motifs is 1. The van der Waals surface area contributed by atoms with Crippen molar-refractivity contribution in [2.75, 3.05) is 13.7 Å². The van der Waals surface area contributed by atoms with Gasteiger partial charge in [0.2, 0.25) is 0 Å². The molecule has 0 N–H and O–H groups in total. The Morgan fingerprint density at radius 1 is 1.07 bits per heavy atom. The average molecular weight is 695 g/mol. The highest BCUT2D eigenvalue weighted by atomic mass is 127. The average Bonchev–Trinajstić information content (AvgIpc) is 3.30. The number of methoxy groups -OCH3 is 1. The second-order valence-corrected chi connectivity index (χ2v) is 11.9. The van der Waals surface area contributed by atoms with Gasteiger partial charge in [-0.25, -0.2) is 9.79 Å². The van der Waals surface area contributed by atoms with E-state index in [0.717, 1.165) is 20.3 Å². The molecule has 1 aromatic heterocycles. The third-order valence-electron chi connectivity index (χ3n) is 6.90. The lowest BCUT2D eigenvalue weighted by Gasteiger charge is -2.25. The van der Waals surface area contributed by atoms with E-state index in [0.29, 0.717) is 51.7 Å². The zero-order valence-corrected chi connectivity index (χ0v) is 26.8. The molecule has 0 bridgehead atoms. The van der Waals surface area contributed by atoms with Crippen molar-refractivity contribution in [2.45, 2.75) is 39.8 Å². The first-order valence-corrected chi connectivity index (χ1v) is 15.6. The van der Waals surface area contributed by atoms with Gasteiger partial charge in [0, 0.05) is 0 Å². The Labute approximate surface area is 261 Å². The zero-order valence-electron chi connectivity index (χ0n) is 23.8. The monoisotopic (exact) mass is 694 g/mol. The van der Waals surface area contributed by atoms with Crippen molar-refractivity contribution in [1.82, 2.24) is 4.57 Å². The summed E-state index contributed by atoms with van der Waals surface area (Å²) >= 11 is 3.54. The predicted octanol–water partition coefficient (Wildman–Crippen LogP) is 5.69. The van der Waals surface area contributed by atoms with E-state index in [2.05, 4.69) is 53.8 Å². The zero-order chi connectivity index (χ0) is 29.8. The van der Waals surface area contributed by atoms with E-state index in [9.17, 15) is 9.59 Å². The van der Waals surface area contributed by atoms with Crippen LogP contribution >= 0.6 is 33.9 Å². The minimum absolute atomic E-state index is 0.225. The summed E-state index contributed by atoms with van der Waals surface area (Å²) in [4.78, 5) is 32.2. The Balaban J connectivity index is 1.59. The maximum Gasteiger partial charge on any atom is 0.338 e. The number of esters is 1. The normalized spacial score (nSPS) is 14.8. The number of hydrogen-bond acceptors (Lipinski definition) is 7. The van der Waals surface area contributed by atoms with Gasteiger partial charge in [-0.05, 0) is 77.8 Å². The maximum absolute atomic E-state index is 13.9. The molecule has 7 nitrogen and oxygen atoms in total. The van der Waals surface area contributed by atoms with Crippen LogP contribution in [0.4, 0.5) is 0 Å². The highest BCUT2D eigenvalue weighted by molar-refractivity contribution is 14.1. The van der Waals surface area contributed by atoms with Gasteiger partial charge < -0.3 is 14.2 Å². The van der Waals surface area contributed by atoms with Crippen LogP contribution in [0.15, 0.2) is 87.8 Å². The van der Waals surface area contributed by atoms with Crippen LogP contribution in [0.1, 0.15) is 48.6 Å². The summed E-state index contributed by atoms with van der Waals surface area (Å²) in [5.41, 5.74) is 4.65. The van der Waals surface area contributed by atoms with Crippen molar-refractivity contribution in [2.24, 2.45) is 4.99 Å². The molecule has 5 rings (SSSR count). The van der Waals surface area contributed by atoms with Gasteiger partial charge in [-0.3, -0.25) is 9.36 Å². The Bertz CT molecular complexity index is 1830. The van der Waals surface area contributed by atoms with Gasteiger partial charge >= 0.3 is 5.97 Å². The van der Waals surface area contributed by atoms with Crippen LogP contribution in [0.2, 0.25) is 0 Å². The Hall–Kier alpha value is -3.70. The van der Waals surface area contributed by atoms with Crippen molar-refractivity contribution < 1.29 is 19.0 Å². The molecule has 9 heteroatoms. The number of ether oxygens (including phenoxy) is 3. The molecular weight excluding hydrogens is 663 g/mol. The quantitative estimate of drug-likeness (QED) is 0.166. The number of aryl methyl sites for hydroxylation is 1. The van der Waals surface area contributed by atoms with Gasteiger partial charge in [0.15, 0.2) is 16.3 Å². The molecule has 0 fully saturated rings. The number of hydrogen-bond donors (Lipinski definition) is 0. The maximum atomic E-state index is 13.9. The van der Waals surface area contributed by atoms with Crippen LogP contribution in [0.5, 0.6) is 11.5 Å². The molecular formula is C33H31IN2O5S. The number of nitrogens with zero attached hydrogens (tertiary/aromatic N) is 2. The fourth-order valence-corrected chi connectivity index (χ4v) is 6.68. The third kappa shape index (κ3) is 6.07. The largest absolute Gasteiger partial charge is 0.490 e. The Morgan fingerprint density at radius 2 is 1.81 bits per heavy atom. The van der Waals surface area contributed by atoms with E-state index in [1.807, 2.05) is 62.4 Å². The van der Waals surface area contributed by atoms with E-state index in [4.69, 9.17) is 19.2 Å². The van der Waals surface area contributed by atoms with Gasteiger partial charge in [-0.1, -0.05) is 78.4 Å². The molecule has 4 aromatic rings. The van der Waals surface area contributed by atoms with Gasteiger partial charge in [-0.15, -0.1) is 0 Å². The van der Waals surface area contributed by atoms with Crippen LogP contribution < -0.4 is 24.4 Å². The molecule has 0 aliphatic carbocycles. The molecule has 0 spiro atoms. The highest BCUT2D eigenvalue weighted by Crippen LogP contribution is 2.35.